The Morgan fingerprint density at radius 2 is 1.83 bits per heavy atom. The second kappa shape index (κ2) is 11.0. The van der Waals surface area contributed by atoms with Crippen molar-refractivity contribution < 1.29 is 0 Å². The highest BCUT2D eigenvalue weighted by Crippen LogP contribution is 2.17. The molecule has 23 heavy (non-hydrogen) atoms. The molecule has 4 nitrogen and oxygen atoms in total. The SMILES string of the molecule is CCC(CNC(=NC)NCc1ccccn1)c1ccccc1.I. The van der Waals surface area contributed by atoms with Gasteiger partial charge in [0.25, 0.3) is 0 Å². The van der Waals surface area contributed by atoms with Gasteiger partial charge in [0.15, 0.2) is 5.96 Å². The monoisotopic (exact) mass is 424 g/mol. The minimum Gasteiger partial charge on any atom is -0.356 e. The Morgan fingerprint density at radius 3 is 2.43 bits per heavy atom. The summed E-state index contributed by atoms with van der Waals surface area (Å²) in [5.41, 5.74) is 2.36. The third-order valence-corrected chi connectivity index (χ3v) is 3.67. The molecule has 1 heterocycles. The van der Waals surface area contributed by atoms with Crippen molar-refractivity contribution in [2.75, 3.05) is 13.6 Å². The molecule has 1 atom stereocenters. The normalized spacial score (nSPS) is 12.2. The van der Waals surface area contributed by atoms with E-state index in [1.807, 2.05) is 18.2 Å². The Hall–Kier alpha value is -1.63. The van der Waals surface area contributed by atoms with Crippen molar-refractivity contribution in [1.82, 2.24) is 15.6 Å². The van der Waals surface area contributed by atoms with E-state index in [0.717, 1.165) is 24.6 Å². The highest BCUT2D eigenvalue weighted by atomic mass is 127. The topological polar surface area (TPSA) is 49.3 Å². The molecule has 2 rings (SSSR count). The molecular weight excluding hydrogens is 399 g/mol. The highest BCUT2D eigenvalue weighted by Gasteiger charge is 2.09. The van der Waals surface area contributed by atoms with Crippen LogP contribution in [0.4, 0.5) is 0 Å². The van der Waals surface area contributed by atoms with E-state index in [9.17, 15) is 0 Å². The van der Waals surface area contributed by atoms with E-state index in [-0.39, 0.29) is 24.0 Å². The van der Waals surface area contributed by atoms with Gasteiger partial charge in [0.1, 0.15) is 0 Å². The molecule has 0 fully saturated rings. The second-order valence-electron chi connectivity index (χ2n) is 5.14. The van der Waals surface area contributed by atoms with Crippen molar-refractivity contribution in [2.24, 2.45) is 4.99 Å². The van der Waals surface area contributed by atoms with Crippen LogP contribution >= 0.6 is 24.0 Å². The average molecular weight is 424 g/mol. The average Bonchev–Trinajstić information content (AvgIpc) is 2.60. The number of aromatic nitrogens is 1. The van der Waals surface area contributed by atoms with Crippen LogP contribution in [-0.4, -0.2) is 24.5 Å². The molecule has 0 aliphatic rings. The Labute approximate surface area is 155 Å². The zero-order chi connectivity index (χ0) is 15.6. The van der Waals surface area contributed by atoms with Crippen molar-refractivity contribution >= 4 is 29.9 Å². The fraction of sp³-hybridized carbons (Fsp3) is 0.333. The van der Waals surface area contributed by atoms with Gasteiger partial charge in [-0.15, -0.1) is 24.0 Å². The molecule has 124 valence electrons. The number of hydrogen-bond acceptors (Lipinski definition) is 2. The van der Waals surface area contributed by atoms with E-state index in [1.54, 1.807) is 13.2 Å². The molecule has 2 N–H and O–H groups in total. The molecule has 0 amide bonds. The summed E-state index contributed by atoms with van der Waals surface area (Å²) < 4.78 is 0. The number of guanidine groups is 1. The molecule has 5 heteroatoms. The number of aliphatic imine (C=N–C) groups is 1. The lowest BCUT2D eigenvalue weighted by Gasteiger charge is -2.18. The lowest BCUT2D eigenvalue weighted by atomic mass is 9.97. The lowest BCUT2D eigenvalue weighted by Crippen LogP contribution is -2.39. The number of rotatable bonds is 6. The first-order valence-corrected chi connectivity index (χ1v) is 7.72. The van der Waals surface area contributed by atoms with E-state index in [0.29, 0.717) is 12.5 Å². The second-order valence-corrected chi connectivity index (χ2v) is 5.14. The fourth-order valence-electron chi connectivity index (χ4n) is 2.34. The van der Waals surface area contributed by atoms with Gasteiger partial charge in [-0.25, -0.2) is 0 Å². The van der Waals surface area contributed by atoms with Gasteiger partial charge < -0.3 is 10.6 Å². The molecule has 0 saturated carbocycles. The highest BCUT2D eigenvalue weighted by molar-refractivity contribution is 14.0. The number of hydrogen-bond donors (Lipinski definition) is 2. The number of halogens is 1. The molecule has 1 aromatic carbocycles. The van der Waals surface area contributed by atoms with E-state index in [1.165, 1.54) is 5.56 Å². The largest absolute Gasteiger partial charge is 0.356 e. The summed E-state index contributed by atoms with van der Waals surface area (Å²) in [5, 5.41) is 6.69. The Kier molecular flexibility index (Phi) is 9.28. The van der Waals surface area contributed by atoms with Crippen LogP contribution in [0.5, 0.6) is 0 Å². The van der Waals surface area contributed by atoms with Crippen LogP contribution in [0.1, 0.15) is 30.5 Å². The van der Waals surface area contributed by atoms with Gasteiger partial charge in [-0.1, -0.05) is 43.3 Å². The molecular formula is C18H25IN4. The van der Waals surface area contributed by atoms with Gasteiger partial charge in [-0.2, -0.15) is 0 Å². The van der Waals surface area contributed by atoms with Gasteiger partial charge >= 0.3 is 0 Å². The first kappa shape index (κ1) is 19.4. The summed E-state index contributed by atoms with van der Waals surface area (Å²) in [4.78, 5) is 8.57. The van der Waals surface area contributed by atoms with Gasteiger partial charge in [-0.05, 0) is 24.1 Å². The molecule has 0 aliphatic heterocycles. The quantitative estimate of drug-likeness (QED) is 0.424. The summed E-state index contributed by atoms with van der Waals surface area (Å²) in [6.45, 7) is 3.74. The van der Waals surface area contributed by atoms with Crippen molar-refractivity contribution in [3.8, 4) is 0 Å². The summed E-state index contributed by atoms with van der Waals surface area (Å²) in [6, 6.07) is 16.5. The van der Waals surface area contributed by atoms with Gasteiger partial charge in [0, 0.05) is 25.7 Å². The predicted octanol–water partition coefficient (Wildman–Crippen LogP) is 3.56. The number of nitrogens with zero attached hydrogens (tertiary/aromatic N) is 2. The minimum absolute atomic E-state index is 0. The van der Waals surface area contributed by atoms with Crippen LogP contribution < -0.4 is 10.6 Å². The molecule has 0 aliphatic carbocycles. The molecule has 1 unspecified atom stereocenters. The number of benzene rings is 1. The third-order valence-electron chi connectivity index (χ3n) is 3.67. The molecule has 2 aromatic rings. The van der Waals surface area contributed by atoms with Crippen LogP contribution in [0, 0.1) is 0 Å². The Bertz CT molecular complexity index is 572. The minimum atomic E-state index is 0. The Balaban J connectivity index is 0.00000264. The summed E-state index contributed by atoms with van der Waals surface area (Å²) in [7, 11) is 1.79. The molecule has 0 bridgehead atoms. The predicted molar refractivity (Wildman–Crippen MR) is 107 cm³/mol. The summed E-state index contributed by atoms with van der Waals surface area (Å²) >= 11 is 0. The zero-order valence-electron chi connectivity index (χ0n) is 13.7. The fourth-order valence-corrected chi connectivity index (χ4v) is 2.34. The van der Waals surface area contributed by atoms with E-state index < -0.39 is 0 Å². The molecule has 0 spiro atoms. The van der Waals surface area contributed by atoms with E-state index in [4.69, 9.17) is 0 Å². The first-order chi connectivity index (χ1) is 10.8. The number of nitrogens with one attached hydrogen (secondary N) is 2. The van der Waals surface area contributed by atoms with Crippen LogP contribution in [0.25, 0.3) is 0 Å². The maximum Gasteiger partial charge on any atom is 0.191 e. The third kappa shape index (κ3) is 6.56. The number of pyridine rings is 1. The van der Waals surface area contributed by atoms with Crippen LogP contribution in [0.2, 0.25) is 0 Å². The van der Waals surface area contributed by atoms with Crippen molar-refractivity contribution in [1.29, 1.82) is 0 Å². The van der Waals surface area contributed by atoms with Crippen LogP contribution in [0.15, 0.2) is 59.7 Å². The van der Waals surface area contributed by atoms with Gasteiger partial charge in [0.2, 0.25) is 0 Å². The standard InChI is InChI=1S/C18H24N4.HI/c1-3-15(16-9-5-4-6-10-16)13-21-18(19-2)22-14-17-11-7-8-12-20-17;/h4-12,15H,3,13-14H2,1-2H3,(H2,19,21,22);1H. The maximum absolute atomic E-state index is 4.30. The van der Waals surface area contributed by atoms with Crippen LogP contribution in [-0.2, 0) is 6.54 Å². The van der Waals surface area contributed by atoms with Gasteiger partial charge in [0.05, 0.1) is 12.2 Å². The Morgan fingerprint density at radius 1 is 1.09 bits per heavy atom. The molecule has 0 saturated heterocycles. The van der Waals surface area contributed by atoms with E-state index in [2.05, 4.69) is 57.9 Å². The lowest BCUT2D eigenvalue weighted by molar-refractivity contribution is 0.629. The van der Waals surface area contributed by atoms with Crippen LogP contribution in [0.3, 0.4) is 0 Å². The first-order valence-electron chi connectivity index (χ1n) is 7.72. The maximum atomic E-state index is 4.30. The van der Waals surface area contributed by atoms with E-state index >= 15 is 0 Å². The smallest absolute Gasteiger partial charge is 0.191 e. The van der Waals surface area contributed by atoms with Gasteiger partial charge in [-0.3, -0.25) is 9.98 Å². The van der Waals surface area contributed by atoms with Crippen molar-refractivity contribution in [2.45, 2.75) is 25.8 Å². The molecule has 0 radical (unpaired) electrons. The van der Waals surface area contributed by atoms with Crippen molar-refractivity contribution in [3.63, 3.8) is 0 Å². The zero-order valence-corrected chi connectivity index (χ0v) is 16.0. The summed E-state index contributed by atoms with van der Waals surface area (Å²) in [5.74, 6) is 1.29. The summed E-state index contributed by atoms with van der Waals surface area (Å²) in [6.07, 6.45) is 2.89. The van der Waals surface area contributed by atoms with Crippen molar-refractivity contribution in [3.05, 3.63) is 66.0 Å². The molecule has 1 aromatic heterocycles.